The average molecular weight is 200 g/mol. The molecular formula is C11H20O3. The highest BCUT2D eigenvalue weighted by molar-refractivity contribution is 5.73. The van der Waals surface area contributed by atoms with Crippen LogP contribution in [0.25, 0.3) is 0 Å². The predicted octanol–water partition coefficient (Wildman–Crippen LogP) is 1.74. The van der Waals surface area contributed by atoms with Crippen molar-refractivity contribution < 1.29 is 14.6 Å². The van der Waals surface area contributed by atoms with Gasteiger partial charge in [0.15, 0.2) is 0 Å². The number of hydrogen-bond acceptors (Lipinski definition) is 3. The number of hydrogen-bond donors (Lipinski definition) is 1. The summed E-state index contributed by atoms with van der Waals surface area (Å²) in [4.78, 5) is 11.6. The molecule has 1 saturated carbocycles. The quantitative estimate of drug-likeness (QED) is 0.706. The normalized spacial score (nSPS) is 21.5. The Bertz CT molecular complexity index is 213. The minimum absolute atomic E-state index is 0.295. The molecule has 1 fully saturated rings. The van der Waals surface area contributed by atoms with Crippen molar-refractivity contribution in [1.82, 2.24) is 0 Å². The third-order valence-corrected chi connectivity index (χ3v) is 2.40. The van der Waals surface area contributed by atoms with Crippen LogP contribution >= 0.6 is 0 Å². The fourth-order valence-corrected chi connectivity index (χ4v) is 1.38. The summed E-state index contributed by atoms with van der Waals surface area (Å²) in [6.07, 6.45) is 1.55. The Morgan fingerprint density at radius 2 is 1.93 bits per heavy atom. The van der Waals surface area contributed by atoms with Crippen LogP contribution < -0.4 is 0 Å². The Hall–Kier alpha value is -0.570. The maximum absolute atomic E-state index is 11.6. The first-order valence-corrected chi connectivity index (χ1v) is 5.22. The van der Waals surface area contributed by atoms with Gasteiger partial charge in [-0.15, -0.1) is 0 Å². The van der Waals surface area contributed by atoms with Gasteiger partial charge in [0.25, 0.3) is 0 Å². The molecule has 2 atom stereocenters. The van der Waals surface area contributed by atoms with Crippen molar-refractivity contribution in [2.75, 3.05) is 0 Å². The summed E-state index contributed by atoms with van der Waals surface area (Å²) in [5, 5.41) is 9.72. The second-order valence-electron chi connectivity index (χ2n) is 5.15. The van der Waals surface area contributed by atoms with Gasteiger partial charge < -0.3 is 9.84 Å². The first-order chi connectivity index (χ1) is 6.31. The third-order valence-electron chi connectivity index (χ3n) is 2.40. The summed E-state index contributed by atoms with van der Waals surface area (Å²) in [5.41, 5.74) is -0.464. The lowest BCUT2D eigenvalue weighted by Crippen LogP contribution is -2.34. The molecule has 0 aromatic heterocycles. The Morgan fingerprint density at radius 1 is 1.43 bits per heavy atom. The number of esters is 1. The molecule has 0 saturated heterocycles. The number of aliphatic hydroxyl groups excluding tert-OH is 1. The zero-order valence-electron chi connectivity index (χ0n) is 9.41. The van der Waals surface area contributed by atoms with Crippen molar-refractivity contribution in [1.29, 1.82) is 0 Å². The first kappa shape index (κ1) is 11.5. The number of aliphatic hydroxyl groups is 1. The third kappa shape index (κ3) is 3.29. The van der Waals surface area contributed by atoms with Crippen LogP contribution in [-0.4, -0.2) is 22.8 Å². The van der Waals surface area contributed by atoms with E-state index in [1.807, 2.05) is 20.8 Å². The van der Waals surface area contributed by atoms with Gasteiger partial charge in [-0.2, -0.15) is 0 Å². The van der Waals surface area contributed by atoms with Gasteiger partial charge in [0.05, 0.1) is 12.0 Å². The van der Waals surface area contributed by atoms with E-state index in [9.17, 15) is 9.90 Å². The molecule has 3 heteroatoms. The van der Waals surface area contributed by atoms with E-state index in [0.29, 0.717) is 5.92 Å². The van der Waals surface area contributed by atoms with Gasteiger partial charge in [0, 0.05) is 0 Å². The first-order valence-electron chi connectivity index (χ1n) is 5.22. The zero-order valence-corrected chi connectivity index (χ0v) is 9.41. The molecule has 3 nitrogen and oxygen atoms in total. The topological polar surface area (TPSA) is 46.5 Å². The maximum Gasteiger partial charge on any atom is 0.311 e. The van der Waals surface area contributed by atoms with E-state index in [-0.39, 0.29) is 5.97 Å². The Balaban J connectivity index is 2.43. The smallest absolute Gasteiger partial charge is 0.311 e. The lowest BCUT2D eigenvalue weighted by atomic mass is 10.0. The fraction of sp³-hybridized carbons (Fsp3) is 0.909. The molecule has 14 heavy (non-hydrogen) atoms. The summed E-state index contributed by atoms with van der Waals surface area (Å²) in [5.74, 6) is -0.379. The van der Waals surface area contributed by atoms with E-state index in [0.717, 1.165) is 12.8 Å². The van der Waals surface area contributed by atoms with Crippen LogP contribution in [0.3, 0.4) is 0 Å². The van der Waals surface area contributed by atoms with Crippen LogP contribution in [0.4, 0.5) is 0 Å². The van der Waals surface area contributed by atoms with Crippen LogP contribution in [0, 0.1) is 11.8 Å². The van der Waals surface area contributed by atoms with E-state index in [1.165, 1.54) is 0 Å². The highest BCUT2D eigenvalue weighted by atomic mass is 16.6. The van der Waals surface area contributed by atoms with Crippen molar-refractivity contribution in [2.24, 2.45) is 11.8 Å². The molecule has 2 unspecified atom stereocenters. The molecule has 0 bridgehead atoms. The van der Waals surface area contributed by atoms with Crippen LogP contribution in [0.15, 0.2) is 0 Å². The number of carbonyl (C=O) groups is 1. The predicted molar refractivity (Wildman–Crippen MR) is 53.7 cm³/mol. The summed E-state index contributed by atoms with van der Waals surface area (Å²) >= 11 is 0. The van der Waals surface area contributed by atoms with E-state index in [1.54, 1.807) is 6.92 Å². The molecule has 0 aliphatic heterocycles. The van der Waals surface area contributed by atoms with Crippen LogP contribution in [0.1, 0.15) is 40.5 Å². The fourth-order valence-electron chi connectivity index (χ4n) is 1.38. The van der Waals surface area contributed by atoms with E-state index in [4.69, 9.17) is 4.74 Å². The molecule has 1 N–H and O–H groups in total. The molecule has 0 spiro atoms. The molecule has 0 amide bonds. The highest BCUT2D eigenvalue weighted by Gasteiger charge is 2.37. The van der Waals surface area contributed by atoms with E-state index >= 15 is 0 Å². The van der Waals surface area contributed by atoms with Crippen molar-refractivity contribution in [2.45, 2.75) is 52.2 Å². The molecule has 0 heterocycles. The molecule has 1 aliphatic rings. The molecule has 1 rings (SSSR count). The van der Waals surface area contributed by atoms with Gasteiger partial charge in [-0.25, -0.2) is 0 Å². The van der Waals surface area contributed by atoms with Crippen molar-refractivity contribution >= 4 is 5.97 Å². The average Bonchev–Trinajstić information content (AvgIpc) is 2.80. The van der Waals surface area contributed by atoms with Gasteiger partial charge in [-0.3, -0.25) is 4.79 Å². The Morgan fingerprint density at radius 3 is 2.29 bits per heavy atom. The van der Waals surface area contributed by atoms with Crippen molar-refractivity contribution in [3.63, 3.8) is 0 Å². The zero-order chi connectivity index (χ0) is 10.9. The SMILES string of the molecule is CC(C(=O)OC(C)(C)C)C(O)C1CC1. The maximum atomic E-state index is 11.6. The van der Waals surface area contributed by atoms with E-state index in [2.05, 4.69) is 0 Å². The largest absolute Gasteiger partial charge is 0.460 e. The summed E-state index contributed by atoms with van der Waals surface area (Å²) in [7, 11) is 0. The standard InChI is InChI=1S/C11H20O3/c1-7(9(12)8-5-6-8)10(13)14-11(2,3)4/h7-9,12H,5-6H2,1-4H3. The Kier molecular flexibility index (Phi) is 3.20. The summed E-state index contributed by atoms with van der Waals surface area (Å²) in [6, 6.07) is 0. The van der Waals surface area contributed by atoms with Crippen LogP contribution in [-0.2, 0) is 9.53 Å². The van der Waals surface area contributed by atoms with Gasteiger partial charge in [-0.1, -0.05) is 0 Å². The lowest BCUT2D eigenvalue weighted by Gasteiger charge is -2.24. The molecule has 0 aromatic carbocycles. The second-order valence-corrected chi connectivity index (χ2v) is 5.15. The summed E-state index contributed by atoms with van der Waals surface area (Å²) in [6.45, 7) is 7.24. The van der Waals surface area contributed by atoms with Gasteiger partial charge >= 0.3 is 5.97 Å². The second kappa shape index (κ2) is 3.89. The van der Waals surface area contributed by atoms with Gasteiger partial charge in [0.2, 0.25) is 0 Å². The summed E-state index contributed by atoms with van der Waals surface area (Å²) < 4.78 is 5.20. The number of rotatable bonds is 3. The van der Waals surface area contributed by atoms with E-state index < -0.39 is 17.6 Å². The van der Waals surface area contributed by atoms with Gasteiger partial charge in [-0.05, 0) is 46.5 Å². The number of carbonyl (C=O) groups excluding carboxylic acids is 1. The van der Waals surface area contributed by atoms with Gasteiger partial charge in [0.1, 0.15) is 5.60 Å². The minimum Gasteiger partial charge on any atom is -0.460 e. The molecule has 0 radical (unpaired) electrons. The monoisotopic (exact) mass is 200 g/mol. The van der Waals surface area contributed by atoms with Crippen LogP contribution in [0.5, 0.6) is 0 Å². The van der Waals surface area contributed by atoms with Crippen molar-refractivity contribution in [3.05, 3.63) is 0 Å². The Labute approximate surface area is 85.5 Å². The molecule has 82 valence electrons. The lowest BCUT2D eigenvalue weighted by molar-refractivity contribution is -0.163. The molecule has 1 aliphatic carbocycles. The minimum atomic E-state index is -0.523. The van der Waals surface area contributed by atoms with Crippen molar-refractivity contribution in [3.8, 4) is 0 Å². The molecule has 0 aromatic rings. The van der Waals surface area contributed by atoms with Crippen LogP contribution in [0.2, 0.25) is 0 Å². The highest BCUT2D eigenvalue weighted by Crippen LogP contribution is 2.36. The number of ether oxygens (including phenoxy) is 1. The molecular weight excluding hydrogens is 180 g/mol.